The van der Waals surface area contributed by atoms with Crippen LogP contribution in [0, 0.1) is 5.92 Å². The molecule has 1 amide bonds. The third-order valence-corrected chi connectivity index (χ3v) is 5.02. The number of hydrogen-bond donors (Lipinski definition) is 2. The SMILES string of the molecule is CN=C(NCc1cccc(NC(=O)CC(C)C)c1)N1CCN(Cc2ccon2)CC1.I. The van der Waals surface area contributed by atoms with Gasteiger partial charge in [0.1, 0.15) is 6.26 Å². The van der Waals surface area contributed by atoms with Crippen LogP contribution >= 0.6 is 24.0 Å². The molecule has 0 bridgehead atoms. The molecule has 2 aromatic rings. The van der Waals surface area contributed by atoms with E-state index >= 15 is 0 Å². The lowest BCUT2D eigenvalue weighted by atomic mass is 10.1. The second-order valence-electron chi connectivity index (χ2n) is 8.00. The van der Waals surface area contributed by atoms with E-state index in [9.17, 15) is 4.79 Å². The van der Waals surface area contributed by atoms with E-state index in [0.29, 0.717) is 18.9 Å². The third-order valence-electron chi connectivity index (χ3n) is 5.02. The number of amides is 1. The largest absolute Gasteiger partial charge is 0.364 e. The standard InChI is InChI=1S/C22H32N6O2.HI/c1-17(2)13-21(29)25-19-6-4-5-18(14-19)15-24-22(23-3)28-10-8-27(9-11-28)16-20-7-12-30-26-20;/h4-7,12,14,17H,8-11,13,15-16H2,1-3H3,(H,23,24)(H,25,29);1H. The van der Waals surface area contributed by atoms with Crippen LogP contribution in [0.5, 0.6) is 0 Å². The van der Waals surface area contributed by atoms with Gasteiger partial charge < -0.3 is 20.1 Å². The van der Waals surface area contributed by atoms with Crippen LogP contribution in [0.3, 0.4) is 0 Å². The zero-order chi connectivity index (χ0) is 21.3. The smallest absolute Gasteiger partial charge is 0.224 e. The molecule has 0 aliphatic carbocycles. The Kier molecular flexibility index (Phi) is 10.3. The van der Waals surface area contributed by atoms with E-state index in [2.05, 4.69) is 30.6 Å². The quantitative estimate of drug-likeness (QED) is 0.319. The van der Waals surface area contributed by atoms with Crippen molar-refractivity contribution in [3.63, 3.8) is 0 Å². The zero-order valence-electron chi connectivity index (χ0n) is 18.5. The van der Waals surface area contributed by atoms with E-state index in [1.807, 2.05) is 51.2 Å². The zero-order valence-corrected chi connectivity index (χ0v) is 20.8. The fourth-order valence-electron chi connectivity index (χ4n) is 3.52. The van der Waals surface area contributed by atoms with E-state index < -0.39 is 0 Å². The van der Waals surface area contributed by atoms with Crippen LogP contribution in [-0.2, 0) is 17.9 Å². The maximum absolute atomic E-state index is 12.0. The highest BCUT2D eigenvalue weighted by Crippen LogP contribution is 2.13. The molecule has 2 heterocycles. The van der Waals surface area contributed by atoms with Gasteiger partial charge in [-0.25, -0.2) is 0 Å². The lowest BCUT2D eigenvalue weighted by Gasteiger charge is -2.36. The number of carbonyl (C=O) groups is 1. The van der Waals surface area contributed by atoms with Gasteiger partial charge in [-0.05, 0) is 23.6 Å². The number of aromatic nitrogens is 1. The predicted molar refractivity (Wildman–Crippen MR) is 133 cm³/mol. The molecule has 9 heteroatoms. The molecule has 0 spiro atoms. The number of piperazine rings is 1. The minimum Gasteiger partial charge on any atom is -0.364 e. The molecular formula is C22H33IN6O2. The van der Waals surface area contributed by atoms with E-state index in [0.717, 1.165) is 55.6 Å². The van der Waals surface area contributed by atoms with Crippen molar-refractivity contribution in [2.24, 2.45) is 10.9 Å². The molecule has 31 heavy (non-hydrogen) atoms. The van der Waals surface area contributed by atoms with Crippen LogP contribution in [0.2, 0.25) is 0 Å². The van der Waals surface area contributed by atoms with Crippen molar-refractivity contribution in [2.75, 3.05) is 38.5 Å². The summed E-state index contributed by atoms with van der Waals surface area (Å²) in [6.45, 7) is 9.26. The highest BCUT2D eigenvalue weighted by atomic mass is 127. The summed E-state index contributed by atoms with van der Waals surface area (Å²) in [4.78, 5) is 21.1. The molecule has 1 fully saturated rings. The third kappa shape index (κ3) is 8.13. The summed E-state index contributed by atoms with van der Waals surface area (Å²) in [6.07, 6.45) is 2.14. The van der Waals surface area contributed by atoms with Crippen molar-refractivity contribution >= 4 is 41.5 Å². The first-order valence-corrected chi connectivity index (χ1v) is 10.5. The number of nitrogens with one attached hydrogen (secondary N) is 2. The Morgan fingerprint density at radius 1 is 1.23 bits per heavy atom. The Balaban J connectivity index is 0.00000341. The van der Waals surface area contributed by atoms with Crippen molar-refractivity contribution in [1.82, 2.24) is 20.3 Å². The van der Waals surface area contributed by atoms with Crippen molar-refractivity contribution in [2.45, 2.75) is 33.4 Å². The van der Waals surface area contributed by atoms with Gasteiger partial charge in [-0.3, -0.25) is 14.7 Å². The number of anilines is 1. The van der Waals surface area contributed by atoms with Crippen molar-refractivity contribution in [3.8, 4) is 0 Å². The molecule has 8 nitrogen and oxygen atoms in total. The lowest BCUT2D eigenvalue weighted by molar-refractivity contribution is -0.116. The fourth-order valence-corrected chi connectivity index (χ4v) is 3.52. The molecule has 0 atom stereocenters. The summed E-state index contributed by atoms with van der Waals surface area (Å²) < 4.78 is 4.91. The monoisotopic (exact) mass is 540 g/mol. The number of halogens is 1. The van der Waals surface area contributed by atoms with Crippen LogP contribution in [0.25, 0.3) is 0 Å². The normalized spacial score (nSPS) is 15.0. The van der Waals surface area contributed by atoms with Crippen LogP contribution in [-0.4, -0.2) is 60.0 Å². The van der Waals surface area contributed by atoms with Gasteiger partial charge in [-0.2, -0.15) is 0 Å². The maximum Gasteiger partial charge on any atom is 0.224 e. The number of guanidine groups is 1. The van der Waals surface area contributed by atoms with Crippen LogP contribution < -0.4 is 10.6 Å². The van der Waals surface area contributed by atoms with Gasteiger partial charge >= 0.3 is 0 Å². The van der Waals surface area contributed by atoms with Gasteiger partial charge in [0.25, 0.3) is 0 Å². The van der Waals surface area contributed by atoms with E-state index in [-0.39, 0.29) is 29.9 Å². The van der Waals surface area contributed by atoms with Crippen LogP contribution in [0.4, 0.5) is 5.69 Å². The minimum absolute atomic E-state index is 0. The van der Waals surface area contributed by atoms with Gasteiger partial charge in [-0.15, -0.1) is 24.0 Å². The summed E-state index contributed by atoms with van der Waals surface area (Å²) in [5, 5.41) is 10.4. The maximum atomic E-state index is 12.0. The highest BCUT2D eigenvalue weighted by molar-refractivity contribution is 14.0. The number of hydrogen-bond acceptors (Lipinski definition) is 5. The fraction of sp³-hybridized carbons (Fsp3) is 0.500. The molecule has 0 saturated carbocycles. The van der Waals surface area contributed by atoms with Crippen molar-refractivity contribution in [3.05, 3.63) is 47.9 Å². The molecule has 1 aliphatic rings. The molecule has 1 aromatic carbocycles. The summed E-state index contributed by atoms with van der Waals surface area (Å²) >= 11 is 0. The summed E-state index contributed by atoms with van der Waals surface area (Å²) in [5.41, 5.74) is 2.89. The topological polar surface area (TPSA) is 86.0 Å². The molecule has 1 saturated heterocycles. The van der Waals surface area contributed by atoms with Crippen molar-refractivity contribution in [1.29, 1.82) is 0 Å². The highest BCUT2D eigenvalue weighted by Gasteiger charge is 2.20. The first kappa shape index (κ1) is 25.1. The Bertz CT molecular complexity index is 832. The van der Waals surface area contributed by atoms with Crippen LogP contribution in [0.15, 0.2) is 46.1 Å². The van der Waals surface area contributed by atoms with Gasteiger partial charge in [0.2, 0.25) is 5.91 Å². The van der Waals surface area contributed by atoms with E-state index in [1.165, 1.54) is 0 Å². The average Bonchev–Trinajstić information content (AvgIpc) is 3.22. The second kappa shape index (κ2) is 12.7. The number of aliphatic imine (C=N–C) groups is 1. The molecule has 1 aliphatic heterocycles. The Morgan fingerprint density at radius 2 is 2.00 bits per heavy atom. The Morgan fingerprint density at radius 3 is 2.65 bits per heavy atom. The minimum atomic E-state index is 0. The van der Waals surface area contributed by atoms with E-state index in [1.54, 1.807) is 6.26 Å². The molecule has 0 unspecified atom stereocenters. The molecule has 170 valence electrons. The van der Waals surface area contributed by atoms with E-state index in [4.69, 9.17) is 4.52 Å². The Labute approximate surface area is 201 Å². The molecule has 1 aromatic heterocycles. The first-order valence-electron chi connectivity index (χ1n) is 10.5. The predicted octanol–water partition coefficient (Wildman–Crippen LogP) is 3.17. The summed E-state index contributed by atoms with van der Waals surface area (Å²) in [6, 6.07) is 9.85. The number of rotatable bonds is 7. The molecule has 0 radical (unpaired) electrons. The molecule has 2 N–H and O–H groups in total. The van der Waals surface area contributed by atoms with Gasteiger partial charge in [0.15, 0.2) is 5.96 Å². The number of nitrogens with zero attached hydrogens (tertiary/aromatic N) is 4. The number of benzene rings is 1. The lowest BCUT2D eigenvalue weighted by Crippen LogP contribution is -2.52. The second-order valence-corrected chi connectivity index (χ2v) is 8.00. The number of carbonyl (C=O) groups excluding carboxylic acids is 1. The van der Waals surface area contributed by atoms with Gasteiger partial charge in [0, 0.05) is 64.5 Å². The van der Waals surface area contributed by atoms with Gasteiger partial charge in [-0.1, -0.05) is 31.1 Å². The molecular weight excluding hydrogens is 507 g/mol. The Hall–Kier alpha value is -2.14. The molecule has 3 rings (SSSR count). The van der Waals surface area contributed by atoms with Crippen LogP contribution in [0.1, 0.15) is 31.5 Å². The summed E-state index contributed by atoms with van der Waals surface area (Å²) in [5.74, 6) is 1.29. The van der Waals surface area contributed by atoms with Gasteiger partial charge in [0.05, 0.1) is 5.69 Å². The first-order chi connectivity index (χ1) is 14.5. The average molecular weight is 540 g/mol. The summed E-state index contributed by atoms with van der Waals surface area (Å²) in [7, 11) is 1.81. The van der Waals surface area contributed by atoms with Crippen molar-refractivity contribution < 1.29 is 9.32 Å².